The van der Waals surface area contributed by atoms with Crippen molar-refractivity contribution in [3.8, 4) is 0 Å². The fourth-order valence-corrected chi connectivity index (χ4v) is 2.86. The first-order valence-corrected chi connectivity index (χ1v) is 6.29. The van der Waals surface area contributed by atoms with Crippen LogP contribution < -0.4 is 5.32 Å². The van der Waals surface area contributed by atoms with Crippen LogP contribution in [0.25, 0.3) is 0 Å². The number of hydrogen-bond donors (Lipinski definition) is 1. The van der Waals surface area contributed by atoms with Crippen LogP contribution in [0.15, 0.2) is 0 Å². The lowest BCUT2D eigenvalue weighted by molar-refractivity contribution is 0.0725. The monoisotopic (exact) mass is 226 g/mol. The Morgan fingerprint density at radius 1 is 1.44 bits per heavy atom. The van der Waals surface area contributed by atoms with Gasteiger partial charge in [0.15, 0.2) is 0 Å². The molecule has 1 aliphatic carbocycles. The van der Waals surface area contributed by atoms with Gasteiger partial charge in [-0.1, -0.05) is 19.3 Å². The van der Waals surface area contributed by atoms with Crippen LogP contribution in [0.4, 0.5) is 4.79 Å². The zero-order valence-electron chi connectivity index (χ0n) is 10.3. The van der Waals surface area contributed by atoms with Crippen molar-refractivity contribution in [2.24, 2.45) is 0 Å². The topological polar surface area (TPSA) is 41.6 Å². The highest BCUT2D eigenvalue weighted by Crippen LogP contribution is 2.30. The van der Waals surface area contributed by atoms with Crippen molar-refractivity contribution >= 4 is 6.09 Å². The molecule has 0 aromatic heterocycles. The van der Waals surface area contributed by atoms with E-state index < -0.39 is 0 Å². The van der Waals surface area contributed by atoms with Gasteiger partial charge in [-0.05, 0) is 26.8 Å². The molecule has 1 unspecified atom stereocenters. The summed E-state index contributed by atoms with van der Waals surface area (Å²) in [6.45, 7) is 3.46. The molecule has 16 heavy (non-hydrogen) atoms. The van der Waals surface area contributed by atoms with Crippen molar-refractivity contribution in [2.75, 3.05) is 20.1 Å². The summed E-state index contributed by atoms with van der Waals surface area (Å²) in [5.41, 5.74) is -0.344. The zero-order chi connectivity index (χ0) is 11.6. The number of cyclic esters (lactones) is 1. The highest BCUT2D eigenvalue weighted by Gasteiger charge is 2.43. The summed E-state index contributed by atoms with van der Waals surface area (Å²) in [4.78, 5) is 13.8. The van der Waals surface area contributed by atoms with Gasteiger partial charge in [0.2, 0.25) is 0 Å². The van der Waals surface area contributed by atoms with Crippen LogP contribution in [0.3, 0.4) is 0 Å². The minimum absolute atomic E-state index is 0.121. The van der Waals surface area contributed by atoms with Crippen LogP contribution in [-0.2, 0) is 4.74 Å². The normalized spacial score (nSPS) is 31.9. The highest BCUT2D eigenvalue weighted by molar-refractivity contribution is 5.71. The quantitative estimate of drug-likeness (QED) is 0.797. The molecular formula is C12H22N2O2. The Labute approximate surface area is 97.3 Å². The third-order valence-corrected chi connectivity index (χ3v) is 3.64. The molecule has 0 spiro atoms. The lowest BCUT2D eigenvalue weighted by Crippen LogP contribution is -2.43. The fourth-order valence-electron chi connectivity index (χ4n) is 2.86. The Bertz CT molecular complexity index is 264. The number of likely N-dealkylation sites (N-methyl/N-ethyl adjacent to an activating group) is 1. The summed E-state index contributed by atoms with van der Waals surface area (Å²) < 4.78 is 5.48. The second kappa shape index (κ2) is 4.62. The lowest BCUT2D eigenvalue weighted by Gasteiger charge is -2.29. The van der Waals surface area contributed by atoms with Gasteiger partial charge >= 0.3 is 6.09 Å². The molecule has 0 aromatic rings. The predicted molar refractivity (Wildman–Crippen MR) is 62.4 cm³/mol. The average molecular weight is 226 g/mol. The smallest absolute Gasteiger partial charge is 0.410 e. The van der Waals surface area contributed by atoms with E-state index in [9.17, 15) is 4.79 Å². The van der Waals surface area contributed by atoms with Gasteiger partial charge < -0.3 is 15.0 Å². The van der Waals surface area contributed by atoms with Crippen LogP contribution in [-0.4, -0.2) is 42.8 Å². The molecule has 1 atom stereocenters. The number of rotatable bonds is 3. The third-order valence-electron chi connectivity index (χ3n) is 3.64. The summed E-state index contributed by atoms with van der Waals surface area (Å²) in [6.07, 6.45) is 5.97. The number of nitrogens with one attached hydrogen (secondary N) is 1. The van der Waals surface area contributed by atoms with Crippen molar-refractivity contribution in [1.82, 2.24) is 10.2 Å². The first-order chi connectivity index (χ1) is 7.64. The number of carbonyl (C=O) groups excluding carboxylic acids is 1. The first kappa shape index (κ1) is 11.7. The first-order valence-electron chi connectivity index (χ1n) is 6.29. The second-order valence-electron chi connectivity index (χ2n) is 5.27. The van der Waals surface area contributed by atoms with E-state index in [1.54, 1.807) is 0 Å². The van der Waals surface area contributed by atoms with E-state index in [-0.39, 0.29) is 11.7 Å². The van der Waals surface area contributed by atoms with Gasteiger partial charge in [-0.3, -0.25) is 0 Å². The van der Waals surface area contributed by atoms with E-state index >= 15 is 0 Å². The molecule has 1 aliphatic heterocycles. The van der Waals surface area contributed by atoms with Crippen molar-refractivity contribution in [3.63, 3.8) is 0 Å². The van der Waals surface area contributed by atoms with E-state index in [0.717, 1.165) is 25.9 Å². The van der Waals surface area contributed by atoms with Crippen molar-refractivity contribution in [3.05, 3.63) is 0 Å². The standard InChI is InChI=1S/C12H22N2O2/c1-12(8-13-2)9-14(11(15)16-12)10-6-4-3-5-7-10/h10,13H,3-9H2,1-2H3. The van der Waals surface area contributed by atoms with E-state index in [0.29, 0.717) is 6.04 Å². The number of carbonyl (C=O) groups is 1. The van der Waals surface area contributed by atoms with Gasteiger partial charge in [0.25, 0.3) is 0 Å². The van der Waals surface area contributed by atoms with E-state index in [1.807, 2.05) is 18.9 Å². The van der Waals surface area contributed by atoms with E-state index in [1.165, 1.54) is 19.3 Å². The molecule has 0 aromatic carbocycles. The Hall–Kier alpha value is -0.770. The number of hydrogen-bond acceptors (Lipinski definition) is 3. The Morgan fingerprint density at radius 2 is 2.12 bits per heavy atom. The molecule has 1 heterocycles. The maximum absolute atomic E-state index is 11.8. The summed E-state index contributed by atoms with van der Waals surface area (Å²) in [5, 5.41) is 3.09. The third kappa shape index (κ3) is 2.32. The van der Waals surface area contributed by atoms with Crippen LogP contribution in [0.1, 0.15) is 39.0 Å². The molecule has 2 aliphatic rings. The predicted octanol–water partition coefficient (Wildman–Crippen LogP) is 1.75. The van der Waals surface area contributed by atoms with Crippen molar-refractivity contribution < 1.29 is 9.53 Å². The van der Waals surface area contributed by atoms with Crippen LogP contribution in [0.5, 0.6) is 0 Å². The average Bonchev–Trinajstić information content (AvgIpc) is 2.56. The van der Waals surface area contributed by atoms with E-state index in [4.69, 9.17) is 4.74 Å². The SMILES string of the molecule is CNCC1(C)CN(C2CCCCC2)C(=O)O1. The van der Waals surface area contributed by atoms with E-state index in [2.05, 4.69) is 5.32 Å². The molecule has 0 radical (unpaired) electrons. The highest BCUT2D eigenvalue weighted by atomic mass is 16.6. The molecule has 1 amide bonds. The molecular weight excluding hydrogens is 204 g/mol. The van der Waals surface area contributed by atoms with Crippen LogP contribution in [0, 0.1) is 0 Å². The van der Waals surface area contributed by atoms with Gasteiger partial charge in [0.05, 0.1) is 6.54 Å². The summed E-state index contributed by atoms with van der Waals surface area (Å²) in [6, 6.07) is 0.417. The van der Waals surface area contributed by atoms with Gasteiger partial charge in [-0.15, -0.1) is 0 Å². The van der Waals surface area contributed by atoms with Crippen LogP contribution >= 0.6 is 0 Å². The van der Waals surface area contributed by atoms with Gasteiger partial charge in [-0.25, -0.2) is 4.79 Å². The minimum Gasteiger partial charge on any atom is -0.440 e. The van der Waals surface area contributed by atoms with Crippen molar-refractivity contribution in [1.29, 1.82) is 0 Å². The molecule has 0 bridgehead atoms. The lowest BCUT2D eigenvalue weighted by atomic mass is 9.94. The Balaban J connectivity index is 1.98. The Kier molecular flexibility index (Phi) is 3.38. The van der Waals surface area contributed by atoms with Crippen molar-refractivity contribution in [2.45, 2.75) is 50.7 Å². The molecule has 2 rings (SSSR count). The van der Waals surface area contributed by atoms with Gasteiger partial charge in [0.1, 0.15) is 5.60 Å². The Morgan fingerprint density at radius 3 is 2.75 bits per heavy atom. The zero-order valence-corrected chi connectivity index (χ0v) is 10.3. The molecule has 1 saturated heterocycles. The molecule has 1 N–H and O–H groups in total. The minimum atomic E-state index is -0.344. The van der Waals surface area contributed by atoms with Gasteiger partial charge in [0, 0.05) is 12.6 Å². The summed E-state index contributed by atoms with van der Waals surface area (Å²) in [5.74, 6) is 0. The molecule has 2 fully saturated rings. The summed E-state index contributed by atoms with van der Waals surface area (Å²) >= 11 is 0. The maximum atomic E-state index is 11.8. The maximum Gasteiger partial charge on any atom is 0.410 e. The largest absolute Gasteiger partial charge is 0.440 e. The number of amides is 1. The number of nitrogens with zero attached hydrogens (tertiary/aromatic N) is 1. The molecule has 4 heteroatoms. The fraction of sp³-hybridized carbons (Fsp3) is 0.917. The van der Waals surface area contributed by atoms with Gasteiger partial charge in [-0.2, -0.15) is 0 Å². The van der Waals surface area contributed by atoms with Crippen LogP contribution in [0.2, 0.25) is 0 Å². The molecule has 4 nitrogen and oxygen atoms in total. The second-order valence-corrected chi connectivity index (χ2v) is 5.27. The number of ether oxygens (including phenoxy) is 1. The molecule has 92 valence electrons. The summed E-state index contributed by atoms with van der Waals surface area (Å²) in [7, 11) is 1.89. The molecule has 1 saturated carbocycles.